The Labute approximate surface area is 266 Å². The van der Waals surface area contributed by atoms with Crippen LogP contribution in [0.25, 0.3) is 5.57 Å². The molecular formula is C37H43N3O5. The molecule has 0 saturated carbocycles. The second kappa shape index (κ2) is 12.6. The Morgan fingerprint density at radius 1 is 1.04 bits per heavy atom. The van der Waals surface area contributed by atoms with Gasteiger partial charge < -0.3 is 19.1 Å². The summed E-state index contributed by atoms with van der Waals surface area (Å²) < 4.78 is 16.9. The Balaban J connectivity index is 1.34. The van der Waals surface area contributed by atoms with Crippen LogP contribution in [0, 0.1) is 25.7 Å². The Hall–Kier alpha value is -4.33. The topological polar surface area (TPSA) is 81.2 Å². The smallest absolute Gasteiger partial charge is 0.411 e. The van der Waals surface area contributed by atoms with E-state index >= 15 is 0 Å². The molecule has 0 spiro atoms. The lowest BCUT2D eigenvalue weighted by Crippen LogP contribution is -2.38. The van der Waals surface area contributed by atoms with Crippen LogP contribution in [-0.2, 0) is 25.5 Å². The minimum absolute atomic E-state index is 0.169. The SMILES string of the molecule is COC(=O)C1=CCC(C2C=C(c3ccc(N4CCC4)nc3CN3C(=O)O[C@H](c4cc(C)cc(C)c4)[C@@H]3C)C(OC)=CC2)C(C)=C1. The highest BCUT2D eigenvalue weighted by Crippen LogP contribution is 2.42. The number of anilines is 1. The van der Waals surface area contributed by atoms with E-state index in [1.165, 1.54) is 7.11 Å². The lowest BCUT2D eigenvalue weighted by molar-refractivity contribution is -0.135. The van der Waals surface area contributed by atoms with Crippen LogP contribution in [0.2, 0.25) is 0 Å². The third kappa shape index (κ3) is 6.02. The Morgan fingerprint density at radius 3 is 2.44 bits per heavy atom. The number of cyclic esters (lactones) is 1. The number of methoxy groups -OCH3 is 2. The lowest BCUT2D eigenvalue weighted by Gasteiger charge is -2.34. The van der Waals surface area contributed by atoms with Gasteiger partial charge in [0.1, 0.15) is 17.7 Å². The van der Waals surface area contributed by atoms with E-state index in [0.29, 0.717) is 12.1 Å². The normalized spacial score (nSPS) is 24.6. The number of carbonyl (C=O) groups is 2. The number of hydrogen-bond donors (Lipinski definition) is 0. The fourth-order valence-electron chi connectivity index (χ4n) is 7.11. The van der Waals surface area contributed by atoms with Crippen molar-refractivity contribution in [3.8, 4) is 0 Å². The van der Waals surface area contributed by atoms with Gasteiger partial charge in [-0.25, -0.2) is 14.6 Å². The third-order valence-electron chi connectivity index (χ3n) is 9.65. The van der Waals surface area contributed by atoms with Gasteiger partial charge in [0.05, 0.1) is 38.1 Å². The van der Waals surface area contributed by atoms with Gasteiger partial charge in [-0.2, -0.15) is 0 Å². The molecule has 2 aliphatic heterocycles. The van der Waals surface area contributed by atoms with Crippen molar-refractivity contribution in [2.45, 2.75) is 65.6 Å². The summed E-state index contributed by atoms with van der Waals surface area (Å²) in [6, 6.07) is 10.4. The van der Waals surface area contributed by atoms with Crippen molar-refractivity contribution < 1.29 is 23.8 Å². The van der Waals surface area contributed by atoms with E-state index in [2.05, 4.69) is 75.1 Å². The molecule has 8 heteroatoms. The van der Waals surface area contributed by atoms with Gasteiger partial charge in [0.15, 0.2) is 0 Å². The van der Waals surface area contributed by atoms with E-state index in [4.69, 9.17) is 19.2 Å². The number of allylic oxidation sites excluding steroid dienone is 5. The van der Waals surface area contributed by atoms with Crippen LogP contribution in [0.4, 0.5) is 10.6 Å². The molecule has 2 aliphatic carbocycles. The van der Waals surface area contributed by atoms with Gasteiger partial charge in [-0.3, -0.25) is 4.90 Å². The van der Waals surface area contributed by atoms with Crippen molar-refractivity contribution in [2.24, 2.45) is 11.8 Å². The molecule has 4 aliphatic rings. The molecule has 236 valence electrons. The fraction of sp³-hybridized carbons (Fsp3) is 0.432. The summed E-state index contributed by atoms with van der Waals surface area (Å²) in [4.78, 5) is 34.8. The minimum Gasteiger partial charge on any atom is -0.496 e. The van der Waals surface area contributed by atoms with E-state index in [9.17, 15) is 9.59 Å². The first kappa shape index (κ1) is 30.7. The highest BCUT2D eigenvalue weighted by Gasteiger charge is 2.41. The van der Waals surface area contributed by atoms with Gasteiger partial charge in [0.25, 0.3) is 0 Å². The van der Waals surface area contributed by atoms with Gasteiger partial charge in [-0.05, 0) is 88.6 Å². The molecule has 4 atom stereocenters. The number of ether oxygens (including phenoxy) is 3. The third-order valence-corrected chi connectivity index (χ3v) is 9.65. The summed E-state index contributed by atoms with van der Waals surface area (Å²) in [6.45, 7) is 10.6. The molecule has 2 fully saturated rings. The van der Waals surface area contributed by atoms with Crippen LogP contribution < -0.4 is 4.90 Å². The largest absolute Gasteiger partial charge is 0.496 e. The van der Waals surface area contributed by atoms with Crippen molar-refractivity contribution in [3.63, 3.8) is 0 Å². The van der Waals surface area contributed by atoms with Crippen LogP contribution in [0.3, 0.4) is 0 Å². The molecule has 0 N–H and O–H groups in total. The summed E-state index contributed by atoms with van der Waals surface area (Å²) >= 11 is 0. The maximum Gasteiger partial charge on any atom is 0.411 e. The molecule has 0 bridgehead atoms. The number of amides is 1. The molecule has 1 aromatic carbocycles. The van der Waals surface area contributed by atoms with E-state index in [1.54, 1.807) is 12.0 Å². The monoisotopic (exact) mass is 609 g/mol. The number of nitrogens with zero attached hydrogens (tertiary/aromatic N) is 3. The number of benzene rings is 1. The first-order valence-electron chi connectivity index (χ1n) is 15.9. The van der Waals surface area contributed by atoms with Gasteiger partial charge >= 0.3 is 12.1 Å². The predicted molar refractivity (Wildman–Crippen MR) is 174 cm³/mol. The quantitative estimate of drug-likeness (QED) is 0.299. The van der Waals surface area contributed by atoms with Crippen molar-refractivity contribution in [3.05, 3.63) is 99.5 Å². The predicted octanol–water partition coefficient (Wildman–Crippen LogP) is 6.99. The summed E-state index contributed by atoms with van der Waals surface area (Å²) in [5, 5.41) is 0. The zero-order valence-corrected chi connectivity index (χ0v) is 27.1. The molecule has 1 aromatic heterocycles. The standard InChI is InChI=1S/C37H43N3O5/c1-22-16-23(2)18-28(17-22)35-25(4)40(37(42)45-35)21-32-30(11-13-34(38-32)39-14-7-15-39)31-20-26(9-12-33(31)43-5)29-10-8-27(19-24(29)3)36(41)44-6/h8,11-13,16-20,25-26,29,35H,7,9-10,14-15,21H2,1-6H3/t25-,26?,29?,35-/m0/s1. The molecule has 8 nitrogen and oxygen atoms in total. The first-order valence-corrected chi connectivity index (χ1v) is 15.9. The van der Waals surface area contributed by atoms with Gasteiger partial charge in [-0.1, -0.05) is 47.1 Å². The van der Waals surface area contributed by atoms with Crippen molar-refractivity contribution in [1.82, 2.24) is 9.88 Å². The molecule has 45 heavy (non-hydrogen) atoms. The molecule has 3 heterocycles. The zero-order chi connectivity index (χ0) is 31.8. The minimum atomic E-state index is -0.352. The second-order valence-corrected chi connectivity index (χ2v) is 12.7. The number of aryl methyl sites for hydroxylation is 2. The number of rotatable bonds is 8. The van der Waals surface area contributed by atoms with Crippen LogP contribution in [0.15, 0.2) is 71.5 Å². The van der Waals surface area contributed by atoms with Crippen molar-refractivity contribution in [1.29, 1.82) is 0 Å². The summed E-state index contributed by atoms with van der Waals surface area (Å²) in [5.74, 6) is 1.87. The van der Waals surface area contributed by atoms with Crippen LogP contribution in [0.5, 0.6) is 0 Å². The van der Waals surface area contributed by atoms with Crippen LogP contribution in [0.1, 0.15) is 67.2 Å². The van der Waals surface area contributed by atoms with E-state index in [1.807, 2.05) is 12.2 Å². The molecule has 2 unspecified atom stereocenters. The highest BCUT2D eigenvalue weighted by atomic mass is 16.6. The second-order valence-electron chi connectivity index (χ2n) is 12.7. The molecular weight excluding hydrogens is 566 g/mol. The number of carbonyl (C=O) groups excluding carboxylic acids is 2. The van der Waals surface area contributed by atoms with Gasteiger partial charge in [-0.15, -0.1) is 0 Å². The Bertz CT molecular complexity index is 1610. The summed E-state index contributed by atoms with van der Waals surface area (Å²) in [5.41, 5.74) is 7.84. The molecule has 2 aromatic rings. The number of aromatic nitrogens is 1. The number of hydrogen-bond acceptors (Lipinski definition) is 7. The van der Waals surface area contributed by atoms with E-state index in [-0.39, 0.29) is 36.0 Å². The fourth-order valence-corrected chi connectivity index (χ4v) is 7.11. The Morgan fingerprint density at radius 2 is 1.80 bits per heavy atom. The van der Waals surface area contributed by atoms with Gasteiger partial charge in [0, 0.05) is 24.2 Å². The van der Waals surface area contributed by atoms with Crippen LogP contribution in [-0.4, -0.2) is 55.3 Å². The van der Waals surface area contributed by atoms with Crippen molar-refractivity contribution in [2.75, 3.05) is 32.2 Å². The van der Waals surface area contributed by atoms with Crippen LogP contribution >= 0.6 is 0 Å². The summed E-state index contributed by atoms with van der Waals surface area (Å²) in [6.07, 6.45) is 10.4. The van der Waals surface area contributed by atoms with Gasteiger partial charge in [0.2, 0.25) is 0 Å². The van der Waals surface area contributed by atoms with E-state index < -0.39 is 0 Å². The number of esters is 1. The molecule has 2 saturated heterocycles. The zero-order valence-electron chi connectivity index (χ0n) is 27.1. The maximum absolute atomic E-state index is 13.4. The van der Waals surface area contributed by atoms with E-state index in [0.717, 1.165) is 83.0 Å². The summed E-state index contributed by atoms with van der Waals surface area (Å²) in [7, 11) is 3.11. The van der Waals surface area contributed by atoms with Crippen molar-refractivity contribution >= 4 is 23.5 Å². The average molecular weight is 610 g/mol. The average Bonchev–Trinajstić information content (AvgIpc) is 3.27. The molecule has 0 radical (unpaired) electrons. The molecule has 6 rings (SSSR count). The Kier molecular flexibility index (Phi) is 8.58. The highest BCUT2D eigenvalue weighted by molar-refractivity contribution is 5.92. The lowest BCUT2D eigenvalue weighted by atomic mass is 9.75. The first-order chi connectivity index (χ1) is 21.7. The molecule has 1 amide bonds. The maximum atomic E-state index is 13.4. The number of pyridine rings is 1.